The average molecular weight is 301 g/mol. The van der Waals surface area contributed by atoms with Crippen LogP contribution < -0.4 is 11.1 Å². The molecular weight excluding hydrogens is 285 g/mol. The van der Waals surface area contributed by atoms with Gasteiger partial charge in [0.1, 0.15) is 0 Å². The molecule has 3 rings (SSSR count). The lowest BCUT2D eigenvalue weighted by Crippen LogP contribution is -2.19. The number of hydrogen-bond acceptors (Lipinski definition) is 4. The van der Waals surface area contributed by atoms with Gasteiger partial charge in [-0.2, -0.15) is 11.3 Å². The Morgan fingerprint density at radius 1 is 1.43 bits per heavy atom. The van der Waals surface area contributed by atoms with E-state index in [1.807, 2.05) is 18.4 Å². The van der Waals surface area contributed by atoms with Gasteiger partial charge in [0.05, 0.1) is 11.2 Å². The lowest BCUT2D eigenvalue weighted by Gasteiger charge is -2.17. The Labute approximate surface area is 126 Å². The maximum Gasteiger partial charge on any atom is 0.150 e. The fourth-order valence-electron chi connectivity index (χ4n) is 2.43. The first kappa shape index (κ1) is 13.8. The van der Waals surface area contributed by atoms with Gasteiger partial charge in [-0.1, -0.05) is 0 Å². The third-order valence-electron chi connectivity index (χ3n) is 3.39. The first-order valence-electron chi connectivity index (χ1n) is 6.75. The summed E-state index contributed by atoms with van der Waals surface area (Å²) in [5.41, 5.74) is 8.51. The topological polar surface area (TPSA) is 50.9 Å². The molecule has 0 spiro atoms. The molecule has 5 heteroatoms. The van der Waals surface area contributed by atoms with Gasteiger partial charge in [-0.3, -0.25) is 4.98 Å². The average Bonchev–Trinajstić information content (AvgIpc) is 2.96. The first-order valence-corrected chi connectivity index (χ1v) is 7.69. The molecule has 0 saturated carbocycles. The van der Waals surface area contributed by atoms with E-state index in [0.29, 0.717) is 16.9 Å². The van der Waals surface area contributed by atoms with E-state index in [2.05, 4.69) is 21.7 Å². The van der Waals surface area contributed by atoms with E-state index in [0.717, 1.165) is 11.8 Å². The summed E-state index contributed by atoms with van der Waals surface area (Å²) < 4.78 is 14.2. The van der Waals surface area contributed by atoms with Crippen molar-refractivity contribution in [2.24, 2.45) is 0 Å². The molecule has 3 aromatic rings. The van der Waals surface area contributed by atoms with Crippen LogP contribution in [-0.2, 0) is 6.42 Å². The molecule has 0 aliphatic rings. The molecule has 0 aliphatic carbocycles. The van der Waals surface area contributed by atoms with Crippen molar-refractivity contribution >= 4 is 33.6 Å². The monoisotopic (exact) mass is 301 g/mol. The van der Waals surface area contributed by atoms with Gasteiger partial charge in [-0.05, 0) is 53.9 Å². The second-order valence-corrected chi connectivity index (χ2v) is 5.88. The second kappa shape index (κ2) is 5.69. The summed E-state index contributed by atoms with van der Waals surface area (Å²) >= 11 is 1.66. The minimum Gasteiger partial charge on any atom is -0.398 e. The third-order valence-corrected chi connectivity index (χ3v) is 4.12. The summed E-state index contributed by atoms with van der Waals surface area (Å²) in [6, 6.07) is 7.19. The van der Waals surface area contributed by atoms with Crippen molar-refractivity contribution in [3.05, 3.63) is 52.6 Å². The van der Waals surface area contributed by atoms with Gasteiger partial charge in [0.2, 0.25) is 0 Å². The number of nitrogen functional groups attached to an aromatic ring is 1. The molecule has 1 atom stereocenters. The fourth-order valence-corrected chi connectivity index (χ4v) is 3.12. The van der Waals surface area contributed by atoms with Crippen LogP contribution in [0, 0.1) is 5.82 Å². The van der Waals surface area contributed by atoms with Crippen LogP contribution >= 0.6 is 11.3 Å². The van der Waals surface area contributed by atoms with Gasteiger partial charge in [0.15, 0.2) is 5.82 Å². The number of benzene rings is 1. The third kappa shape index (κ3) is 2.83. The Morgan fingerprint density at radius 3 is 3.05 bits per heavy atom. The lowest BCUT2D eigenvalue weighted by atomic mass is 10.1. The summed E-state index contributed by atoms with van der Waals surface area (Å²) in [6.07, 6.45) is 2.48. The minimum absolute atomic E-state index is 0.0999. The number of pyridine rings is 1. The van der Waals surface area contributed by atoms with Crippen molar-refractivity contribution in [1.82, 2.24) is 4.98 Å². The number of rotatable bonds is 4. The SMILES string of the molecule is CC(Cc1ccsc1)Nc1c(F)cc(N)c2cccnc12. The van der Waals surface area contributed by atoms with E-state index in [1.165, 1.54) is 11.6 Å². The number of nitrogens with zero attached hydrogens (tertiary/aromatic N) is 1. The van der Waals surface area contributed by atoms with Crippen LogP contribution in [0.5, 0.6) is 0 Å². The van der Waals surface area contributed by atoms with Crippen LogP contribution in [0.4, 0.5) is 15.8 Å². The number of hydrogen-bond donors (Lipinski definition) is 2. The minimum atomic E-state index is -0.365. The number of thiophene rings is 1. The van der Waals surface area contributed by atoms with Gasteiger partial charge in [-0.15, -0.1) is 0 Å². The van der Waals surface area contributed by atoms with E-state index in [-0.39, 0.29) is 11.9 Å². The van der Waals surface area contributed by atoms with Gasteiger partial charge in [0.25, 0.3) is 0 Å². The zero-order valence-electron chi connectivity index (χ0n) is 11.6. The molecule has 1 unspecified atom stereocenters. The maximum atomic E-state index is 14.2. The van der Waals surface area contributed by atoms with E-state index < -0.39 is 0 Å². The highest BCUT2D eigenvalue weighted by Gasteiger charge is 2.14. The molecule has 0 radical (unpaired) electrons. The highest BCUT2D eigenvalue weighted by Crippen LogP contribution is 2.30. The number of halogens is 1. The Bertz CT molecular complexity index is 756. The molecule has 0 amide bonds. The van der Waals surface area contributed by atoms with E-state index in [4.69, 9.17) is 5.73 Å². The largest absolute Gasteiger partial charge is 0.398 e. The van der Waals surface area contributed by atoms with Crippen molar-refractivity contribution in [3.63, 3.8) is 0 Å². The van der Waals surface area contributed by atoms with Gasteiger partial charge in [0, 0.05) is 23.3 Å². The quantitative estimate of drug-likeness (QED) is 0.714. The highest BCUT2D eigenvalue weighted by molar-refractivity contribution is 7.07. The van der Waals surface area contributed by atoms with Crippen molar-refractivity contribution in [2.75, 3.05) is 11.1 Å². The van der Waals surface area contributed by atoms with E-state index >= 15 is 0 Å². The number of nitrogens with one attached hydrogen (secondary N) is 1. The predicted molar refractivity (Wildman–Crippen MR) is 87.2 cm³/mol. The molecular formula is C16H16FN3S. The molecule has 2 aromatic heterocycles. The standard InChI is InChI=1S/C16H16FN3S/c1-10(7-11-4-6-21-9-11)20-16-13(17)8-14(18)12-3-2-5-19-15(12)16/h2-6,8-10,20H,7,18H2,1H3. The van der Waals surface area contributed by atoms with Crippen LogP contribution in [0.3, 0.4) is 0 Å². The normalized spacial score (nSPS) is 12.5. The molecule has 2 heterocycles. The molecule has 0 aliphatic heterocycles. The zero-order chi connectivity index (χ0) is 14.8. The second-order valence-electron chi connectivity index (χ2n) is 5.10. The van der Waals surface area contributed by atoms with Crippen molar-refractivity contribution in [2.45, 2.75) is 19.4 Å². The van der Waals surface area contributed by atoms with Crippen molar-refractivity contribution in [1.29, 1.82) is 0 Å². The molecule has 0 saturated heterocycles. The van der Waals surface area contributed by atoms with Crippen LogP contribution in [0.1, 0.15) is 12.5 Å². The molecule has 3 N–H and O–H groups in total. The van der Waals surface area contributed by atoms with Gasteiger partial charge < -0.3 is 11.1 Å². The lowest BCUT2D eigenvalue weighted by molar-refractivity contribution is 0.628. The molecule has 0 bridgehead atoms. The number of fused-ring (bicyclic) bond motifs is 1. The van der Waals surface area contributed by atoms with Crippen LogP contribution in [0.25, 0.3) is 10.9 Å². The fraction of sp³-hybridized carbons (Fsp3) is 0.188. The Hall–Kier alpha value is -2.14. The Kier molecular flexibility index (Phi) is 3.75. The zero-order valence-corrected chi connectivity index (χ0v) is 12.5. The predicted octanol–water partition coefficient (Wildman–Crippen LogP) is 4.06. The number of nitrogens with two attached hydrogens (primary N) is 1. The van der Waals surface area contributed by atoms with Crippen LogP contribution in [0.15, 0.2) is 41.2 Å². The Morgan fingerprint density at radius 2 is 2.29 bits per heavy atom. The maximum absolute atomic E-state index is 14.2. The first-order chi connectivity index (χ1) is 10.1. The van der Waals surface area contributed by atoms with E-state index in [9.17, 15) is 4.39 Å². The number of anilines is 2. The van der Waals surface area contributed by atoms with Crippen molar-refractivity contribution in [3.8, 4) is 0 Å². The smallest absolute Gasteiger partial charge is 0.150 e. The molecule has 1 aromatic carbocycles. The summed E-state index contributed by atoms with van der Waals surface area (Å²) in [5, 5.41) is 8.15. The summed E-state index contributed by atoms with van der Waals surface area (Å²) in [7, 11) is 0. The van der Waals surface area contributed by atoms with Crippen LogP contribution in [-0.4, -0.2) is 11.0 Å². The summed E-state index contributed by atoms with van der Waals surface area (Å²) in [5.74, 6) is -0.365. The van der Waals surface area contributed by atoms with Gasteiger partial charge in [-0.25, -0.2) is 4.39 Å². The molecule has 3 nitrogen and oxygen atoms in total. The summed E-state index contributed by atoms with van der Waals surface area (Å²) in [6.45, 7) is 2.03. The molecule has 0 fully saturated rings. The Balaban J connectivity index is 1.93. The van der Waals surface area contributed by atoms with Gasteiger partial charge >= 0.3 is 0 Å². The molecule has 21 heavy (non-hydrogen) atoms. The highest BCUT2D eigenvalue weighted by atomic mass is 32.1. The van der Waals surface area contributed by atoms with Crippen molar-refractivity contribution < 1.29 is 4.39 Å². The van der Waals surface area contributed by atoms with E-state index in [1.54, 1.807) is 23.6 Å². The summed E-state index contributed by atoms with van der Waals surface area (Å²) in [4.78, 5) is 4.27. The number of aromatic nitrogens is 1. The molecule has 108 valence electrons. The van der Waals surface area contributed by atoms with Crippen LogP contribution in [0.2, 0.25) is 0 Å².